The molecule has 5 heteroatoms. The quantitative estimate of drug-likeness (QED) is 0.533. The monoisotopic (exact) mass is 173 g/mol. The smallest absolute Gasteiger partial charge is 0.314 e. The summed E-state index contributed by atoms with van der Waals surface area (Å²) in [5.74, 6) is -0.0473. The second-order valence-corrected chi connectivity index (χ2v) is 2.21. The summed E-state index contributed by atoms with van der Waals surface area (Å²) in [5, 5.41) is 7.53. The van der Waals surface area contributed by atoms with E-state index >= 15 is 0 Å². The van der Waals surface area contributed by atoms with E-state index in [4.69, 9.17) is 0 Å². The van der Waals surface area contributed by atoms with E-state index in [9.17, 15) is 9.59 Å². The molecule has 0 unspecified atom stereocenters. The SMILES string of the molecule is CCNC(=O)CCNC(=O)NC. The summed E-state index contributed by atoms with van der Waals surface area (Å²) in [7, 11) is 1.53. The molecular weight excluding hydrogens is 158 g/mol. The minimum absolute atomic E-state index is 0.0473. The molecule has 0 heterocycles. The Morgan fingerprint density at radius 3 is 2.42 bits per heavy atom. The van der Waals surface area contributed by atoms with Crippen LogP contribution >= 0.6 is 0 Å². The predicted octanol–water partition coefficient (Wildman–Crippen LogP) is -0.558. The Hall–Kier alpha value is -1.26. The zero-order valence-corrected chi connectivity index (χ0v) is 7.44. The molecule has 0 aliphatic carbocycles. The van der Waals surface area contributed by atoms with Crippen LogP contribution < -0.4 is 16.0 Å². The van der Waals surface area contributed by atoms with Crippen molar-refractivity contribution in [3.05, 3.63) is 0 Å². The zero-order valence-electron chi connectivity index (χ0n) is 7.44. The lowest BCUT2D eigenvalue weighted by molar-refractivity contribution is -0.120. The van der Waals surface area contributed by atoms with Crippen molar-refractivity contribution in [1.82, 2.24) is 16.0 Å². The van der Waals surface area contributed by atoms with Crippen LogP contribution in [0.2, 0.25) is 0 Å². The molecule has 0 bridgehead atoms. The molecule has 70 valence electrons. The standard InChI is InChI=1S/C7H15N3O2/c1-3-9-6(11)4-5-10-7(12)8-2/h3-5H2,1-2H3,(H,9,11)(H2,8,10,12). The number of rotatable bonds is 4. The van der Waals surface area contributed by atoms with Gasteiger partial charge in [0, 0.05) is 26.6 Å². The third kappa shape index (κ3) is 5.52. The Kier molecular flexibility index (Phi) is 5.77. The molecule has 3 N–H and O–H groups in total. The topological polar surface area (TPSA) is 70.2 Å². The van der Waals surface area contributed by atoms with Crippen LogP contribution in [0.25, 0.3) is 0 Å². The van der Waals surface area contributed by atoms with E-state index in [1.165, 1.54) is 7.05 Å². The molecule has 12 heavy (non-hydrogen) atoms. The van der Waals surface area contributed by atoms with Crippen LogP contribution in [0.15, 0.2) is 0 Å². The maximum absolute atomic E-state index is 10.8. The van der Waals surface area contributed by atoms with Gasteiger partial charge in [0.2, 0.25) is 5.91 Å². The van der Waals surface area contributed by atoms with Crippen molar-refractivity contribution in [1.29, 1.82) is 0 Å². The fraction of sp³-hybridized carbons (Fsp3) is 0.714. The molecule has 0 aliphatic heterocycles. The molecule has 0 aromatic heterocycles. The first-order valence-corrected chi connectivity index (χ1v) is 3.93. The molecule has 0 spiro atoms. The minimum atomic E-state index is -0.265. The fourth-order valence-electron chi connectivity index (χ4n) is 0.664. The molecule has 0 rings (SSSR count). The van der Waals surface area contributed by atoms with Gasteiger partial charge in [-0.1, -0.05) is 0 Å². The van der Waals surface area contributed by atoms with Gasteiger partial charge in [0.1, 0.15) is 0 Å². The summed E-state index contributed by atoms with van der Waals surface area (Å²) >= 11 is 0. The van der Waals surface area contributed by atoms with Crippen LogP contribution in [0.3, 0.4) is 0 Å². The summed E-state index contributed by atoms with van der Waals surface area (Å²) in [6.45, 7) is 2.84. The van der Waals surface area contributed by atoms with Crippen molar-refractivity contribution in [2.24, 2.45) is 0 Å². The number of carbonyl (C=O) groups excluding carboxylic acids is 2. The van der Waals surface area contributed by atoms with Crippen molar-refractivity contribution in [3.63, 3.8) is 0 Å². The summed E-state index contributed by atoms with van der Waals surface area (Å²) in [5.41, 5.74) is 0. The lowest BCUT2D eigenvalue weighted by Crippen LogP contribution is -2.35. The van der Waals surface area contributed by atoms with Gasteiger partial charge in [-0.25, -0.2) is 4.79 Å². The Morgan fingerprint density at radius 2 is 1.92 bits per heavy atom. The molecule has 5 nitrogen and oxygen atoms in total. The number of hydrogen-bond donors (Lipinski definition) is 3. The molecule has 0 aromatic rings. The second kappa shape index (κ2) is 6.45. The van der Waals surface area contributed by atoms with Crippen LogP contribution in [0, 0.1) is 0 Å². The molecule has 0 atom stereocenters. The van der Waals surface area contributed by atoms with E-state index in [0.717, 1.165) is 0 Å². The summed E-state index contributed by atoms with van der Waals surface area (Å²) in [6, 6.07) is -0.265. The van der Waals surface area contributed by atoms with Crippen molar-refractivity contribution in [3.8, 4) is 0 Å². The van der Waals surface area contributed by atoms with E-state index < -0.39 is 0 Å². The second-order valence-electron chi connectivity index (χ2n) is 2.21. The molecule has 0 aromatic carbocycles. The van der Waals surface area contributed by atoms with E-state index in [1.54, 1.807) is 0 Å². The highest BCUT2D eigenvalue weighted by molar-refractivity contribution is 5.77. The average Bonchev–Trinajstić information content (AvgIpc) is 2.04. The highest BCUT2D eigenvalue weighted by Gasteiger charge is 1.99. The minimum Gasteiger partial charge on any atom is -0.356 e. The molecule has 0 saturated heterocycles. The molecule has 0 aliphatic rings. The fourth-order valence-corrected chi connectivity index (χ4v) is 0.664. The highest BCUT2D eigenvalue weighted by Crippen LogP contribution is 1.76. The average molecular weight is 173 g/mol. The molecule has 0 fully saturated rings. The van der Waals surface area contributed by atoms with Gasteiger partial charge in [-0.15, -0.1) is 0 Å². The Bertz CT molecular complexity index is 159. The lowest BCUT2D eigenvalue weighted by atomic mass is 10.4. The number of amides is 3. The highest BCUT2D eigenvalue weighted by atomic mass is 16.2. The summed E-state index contributed by atoms with van der Waals surface area (Å²) in [4.78, 5) is 21.4. The number of nitrogens with one attached hydrogen (secondary N) is 3. The van der Waals surface area contributed by atoms with Crippen molar-refractivity contribution in [2.45, 2.75) is 13.3 Å². The summed E-state index contributed by atoms with van der Waals surface area (Å²) in [6.07, 6.45) is 0.321. The van der Waals surface area contributed by atoms with Gasteiger partial charge >= 0.3 is 6.03 Å². The molecule has 0 radical (unpaired) electrons. The zero-order chi connectivity index (χ0) is 9.40. The van der Waals surface area contributed by atoms with E-state index in [0.29, 0.717) is 19.5 Å². The molecular formula is C7H15N3O2. The van der Waals surface area contributed by atoms with Gasteiger partial charge in [0.25, 0.3) is 0 Å². The van der Waals surface area contributed by atoms with Gasteiger partial charge in [-0.3, -0.25) is 4.79 Å². The third-order valence-electron chi connectivity index (χ3n) is 1.24. The first-order chi connectivity index (χ1) is 5.70. The summed E-state index contributed by atoms with van der Waals surface area (Å²) < 4.78 is 0. The Morgan fingerprint density at radius 1 is 1.25 bits per heavy atom. The van der Waals surface area contributed by atoms with Crippen LogP contribution in [0.4, 0.5) is 4.79 Å². The van der Waals surface area contributed by atoms with Crippen LogP contribution in [-0.2, 0) is 4.79 Å². The normalized spacial score (nSPS) is 8.83. The van der Waals surface area contributed by atoms with Crippen molar-refractivity contribution >= 4 is 11.9 Å². The van der Waals surface area contributed by atoms with E-state index in [-0.39, 0.29) is 11.9 Å². The van der Waals surface area contributed by atoms with Gasteiger partial charge in [-0.2, -0.15) is 0 Å². The van der Waals surface area contributed by atoms with Gasteiger partial charge in [0.05, 0.1) is 0 Å². The third-order valence-corrected chi connectivity index (χ3v) is 1.24. The van der Waals surface area contributed by atoms with Crippen LogP contribution in [0.1, 0.15) is 13.3 Å². The molecule has 0 saturated carbocycles. The van der Waals surface area contributed by atoms with Crippen molar-refractivity contribution in [2.75, 3.05) is 20.1 Å². The number of hydrogen-bond acceptors (Lipinski definition) is 2. The number of urea groups is 1. The first-order valence-electron chi connectivity index (χ1n) is 3.93. The Labute approximate surface area is 71.9 Å². The molecule has 3 amide bonds. The van der Waals surface area contributed by atoms with Crippen molar-refractivity contribution < 1.29 is 9.59 Å². The van der Waals surface area contributed by atoms with Gasteiger partial charge < -0.3 is 16.0 Å². The Balaban J connectivity index is 3.30. The van der Waals surface area contributed by atoms with Crippen LogP contribution in [0.5, 0.6) is 0 Å². The van der Waals surface area contributed by atoms with Gasteiger partial charge in [-0.05, 0) is 6.92 Å². The maximum Gasteiger partial charge on any atom is 0.314 e. The first kappa shape index (κ1) is 10.7. The van der Waals surface area contributed by atoms with E-state index in [2.05, 4.69) is 16.0 Å². The maximum atomic E-state index is 10.8. The predicted molar refractivity (Wildman–Crippen MR) is 45.8 cm³/mol. The number of carbonyl (C=O) groups is 2. The van der Waals surface area contributed by atoms with E-state index in [1.807, 2.05) is 6.92 Å². The van der Waals surface area contributed by atoms with Gasteiger partial charge in [0.15, 0.2) is 0 Å². The van der Waals surface area contributed by atoms with Crippen LogP contribution in [-0.4, -0.2) is 32.1 Å². The largest absolute Gasteiger partial charge is 0.356 e. The lowest BCUT2D eigenvalue weighted by Gasteiger charge is -2.03.